The highest BCUT2D eigenvalue weighted by atomic mass is 32.1. The Morgan fingerprint density at radius 1 is 1.17 bits per heavy atom. The molecule has 3 aromatic rings. The number of ether oxygens (including phenoxy) is 1. The van der Waals surface area contributed by atoms with Gasteiger partial charge in [-0.2, -0.15) is 0 Å². The minimum atomic E-state index is -0.268. The van der Waals surface area contributed by atoms with E-state index in [1.54, 1.807) is 13.0 Å². The molecule has 1 aromatic heterocycles. The number of benzene rings is 2. The summed E-state index contributed by atoms with van der Waals surface area (Å²) in [6.07, 6.45) is 1.49. The average Bonchev–Trinajstić information content (AvgIpc) is 3.33. The SMILES string of the molecule is CCOc1ccc(-c2nc(CC(=O)N3CCC(C(=O)NCc4ccc(C)c(F)c4)CC3)cs2)cc1. The van der Waals surface area contributed by atoms with Crippen LogP contribution in [0.15, 0.2) is 47.8 Å². The highest BCUT2D eigenvalue weighted by Crippen LogP contribution is 2.26. The van der Waals surface area contributed by atoms with Gasteiger partial charge in [-0.25, -0.2) is 9.37 Å². The quantitative estimate of drug-likeness (QED) is 0.489. The van der Waals surface area contributed by atoms with Crippen LogP contribution in [0.2, 0.25) is 0 Å². The molecule has 4 rings (SSSR count). The third-order valence-electron chi connectivity index (χ3n) is 6.22. The van der Waals surface area contributed by atoms with Gasteiger partial charge >= 0.3 is 0 Å². The summed E-state index contributed by atoms with van der Waals surface area (Å²) >= 11 is 1.52. The third kappa shape index (κ3) is 6.45. The normalized spacial score (nSPS) is 14.1. The number of piperidine rings is 1. The summed E-state index contributed by atoms with van der Waals surface area (Å²) in [4.78, 5) is 31.8. The van der Waals surface area contributed by atoms with Gasteiger partial charge in [-0.15, -0.1) is 11.3 Å². The Morgan fingerprint density at radius 2 is 1.91 bits per heavy atom. The van der Waals surface area contributed by atoms with E-state index in [-0.39, 0.29) is 30.0 Å². The summed E-state index contributed by atoms with van der Waals surface area (Å²) < 4.78 is 19.2. The van der Waals surface area contributed by atoms with E-state index in [0.717, 1.165) is 27.6 Å². The summed E-state index contributed by atoms with van der Waals surface area (Å²) in [5.74, 6) is 0.402. The van der Waals surface area contributed by atoms with Crippen molar-refractivity contribution in [3.63, 3.8) is 0 Å². The number of carbonyl (C=O) groups excluding carboxylic acids is 2. The third-order valence-corrected chi connectivity index (χ3v) is 7.16. The molecule has 1 aliphatic rings. The molecule has 2 heterocycles. The Bertz CT molecular complexity index is 1170. The number of aromatic nitrogens is 1. The number of carbonyl (C=O) groups is 2. The van der Waals surface area contributed by atoms with Crippen LogP contribution in [0.25, 0.3) is 10.6 Å². The molecule has 1 N–H and O–H groups in total. The number of halogens is 1. The Labute approximate surface area is 209 Å². The lowest BCUT2D eigenvalue weighted by Gasteiger charge is -2.31. The molecule has 6 nitrogen and oxygen atoms in total. The van der Waals surface area contributed by atoms with Gasteiger partial charge in [-0.3, -0.25) is 9.59 Å². The molecule has 0 unspecified atom stereocenters. The van der Waals surface area contributed by atoms with Crippen LogP contribution < -0.4 is 10.1 Å². The molecular weight excluding hydrogens is 465 g/mol. The number of hydrogen-bond donors (Lipinski definition) is 1. The molecule has 2 aromatic carbocycles. The van der Waals surface area contributed by atoms with Crippen LogP contribution in [-0.2, 0) is 22.6 Å². The zero-order valence-corrected chi connectivity index (χ0v) is 20.9. The van der Waals surface area contributed by atoms with Crippen LogP contribution in [0.3, 0.4) is 0 Å². The van der Waals surface area contributed by atoms with Crippen molar-refractivity contribution in [1.82, 2.24) is 15.2 Å². The van der Waals surface area contributed by atoms with E-state index in [1.165, 1.54) is 17.4 Å². The molecule has 0 spiro atoms. The van der Waals surface area contributed by atoms with Gasteiger partial charge in [0.15, 0.2) is 0 Å². The van der Waals surface area contributed by atoms with Crippen LogP contribution in [0, 0.1) is 18.7 Å². The molecule has 184 valence electrons. The minimum absolute atomic E-state index is 0.0301. The van der Waals surface area contributed by atoms with E-state index in [4.69, 9.17) is 4.74 Å². The molecule has 1 fully saturated rings. The first-order valence-electron chi connectivity index (χ1n) is 11.9. The number of nitrogens with one attached hydrogen (secondary N) is 1. The van der Waals surface area contributed by atoms with E-state index in [2.05, 4.69) is 10.3 Å². The number of nitrogens with zero attached hydrogens (tertiary/aromatic N) is 2. The van der Waals surface area contributed by atoms with Gasteiger partial charge in [0.05, 0.1) is 18.7 Å². The number of rotatable bonds is 8. The standard InChI is InChI=1S/C27H30FN3O3S/c1-3-34-23-8-6-21(7-9-23)27-30-22(17-35-27)15-25(32)31-12-10-20(11-13-31)26(33)29-16-19-5-4-18(2)24(28)14-19/h4-9,14,17,20H,3,10-13,15-16H2,1-2H3,(H,29,33). The Morgan fingerprint density at radius 3 is 2.60 bits per heavy atom. The lowest BCUT2D eigenvalue weighted by Crippen LogP contribution is -2.43. The molecule has 8 heteroatoms. The van der Waals surface area contributed by atoms with Crippen molar-refractivity contribution < 1.29 is 18.7 Å². The number of amides is 2. The molecule has 1 saturated heterocycles. The van der Waals surface area contributed by atoms with Crippen molar-refractivity contribution in [3.8, 4) is 16.3 Å². The smallest absolute Gasteiger partial charge is 0.228 e. The van der Waals surface area contributed by atoms with Crippen molar-refractivity contribution in [2.45, 2.75) is 39.7 Å². The zero-order valence-electron chi connectivity index (χ0n) is 20.1. The highest BCUT2D eigenvalue weighted by molar-refractivity contribution is 7.13. The summed E-state index contributed by atoms with van der Waals surface area (Å²) in [6.45, 7) is 5.68. The van der Waals surface area contributed by atoms with E-state index in [9.17, 15) is 14.0 Å². The van der Waals surface area contributed by atoms with Crippen LogP contribution in [0.5, 0.6) is 5.75 Å². The Balaban J connectivity index is 1.24. The molecule has 2 amide bonds. The van der Waals surface area contributed by atoms with Crippen molar-refractivity contribution >= 4 is 23.2 Å². The lowest BCUT2D eigenvalue weighted by atomic mass is 9.95. The maximum atomic E-state index is 13.7. The summed E-state index contributed by atoms with van der Waals surface area (Å²) in [6, 6.07) is 12.8. The molecule has 0 saturated carbocycles. The second kappa shape index (κ2) is 11.4. The van der Waals surface area contributed by atoms with Crippen LogP contribution >= 0.6 is 11.3 Å². The second-order valence-electron chi connectivity index (χ2n) is 8.73. The van der Waals surface area contributed by atoms with Gasteiger partial charge in [-0.05, 0) is 68.1 Å². The monoisotopic (exact) mass is 495 g/mol. The van der Waals surface area contributed by atoms with E-state index in [0.29, 0.717) is 44.6 Å². The Kier molecular flexibility index (Phi) is 8.13. The predicted octanol–water partition coefficient (Wildman–Crippen LogP) is 4.75. The van der Waals surface area contributed by atoms with Gasteiger partial charge in [0.25, 0.3) is 0 Å². The average molecular weight is 496 g/mol. The van der Waals surface area contributed by atoms with E-state index >= 15 is 0 Å². The van der Waals surface area contributed by atoms with Crippen molar-refractivity contribution in [2.24, 2.45) is 5.92 Å². The van der Waals surface area contributed by atoms with Crippen molar-refractivity contribution in [3.05, 3.63) is 70.5 Å². The van der Waals surface area contributed by atoms with Gasteiger partial charge in [0.2, 0.25) is 11.8 Å². The van der Waals surface area contributed by atoms with Gasteiger partial charge in [0.1, 0.15) is 16.6 Å². The number of hydrogen-bond acceptors (Lipinski definition) is 5. The second-order valence-corrected chi connectivity index (χ2v) is 9.59. The lowest BCUT2D eigenvalue weighted by molar-refractivity contribution is -0.135. The number of thiazole rings is 1. The molecule has 0 aliphatic carbocycles. The van der Waals surface area contributed by atoms with Gasteiger partial charge in [0, 0.05) is 36.5 Å². The maximum absolute atomic E-state index is 13.7. The summed E-state index contributed by atoms with van der Waals surface area (Å²) in [7, 11) is 0. The number of likely N-dealkylation sites (tertiary alicyclic amines) is 1. The van der Waals surface area contributed by atoms with Crippen LogP contribution in [-0.4, -0.2) is 41.4 Å². The van der Waals surface area contributed by atoms with Crippen LogP contribution in [0.1, 0.15) is 36.6 Å². The Hall–Kier alpha value is -3.26. The molecular formula is C27H30FN3O3S. The van der Waals surface area contributed by atoms with Gasteiger partial charge in [-0.1, -0.05) is 12.1 Å². The topological polar surface area (TPSA) is 71.5 Å². The van der Waals surface area contributed by atoms with Crippen molar-refractivity contribution in [2.75, 3.05) is 19.7 Å². The van der Waals surface area contributed by atoms with E-state index in [1.807, 2.05) is 47.5 Å². The minimum Gasteiger partial charge on any atom is -0.494 e. The largest absolute Gasteiger partial charge is 0.494 e. The number of aryl methyl sites for hydroxylation is 1. The zero-order chi connectivity index (χ0) is 24.8. The molecule has 35 heavy (non-hydrogen) atoms. The molecule has 0 atom stereocenters. The molecule has 1 aliphatic heterocycles. The predicted molar refractivity (Wildman–Crippen MR) is 135 cm³/mol. The molecule has 0 bridgehead atoms. The maximum Gasteiger partial charge on any atom is 0.228 e. The fourth-order valence-corrected chi connectivity index (χ4v) is 4.94. The summed E-state index contributed by atoms with van der Waals surface area (Å²) in [5.41, 5.74) is 3.08. The van der Waals surface area contributed by atoms with Crippen molar-refractivity contribution in [1.29, 1.82) is 0 Å². The fraction of sp³-hybridized carbons (Fsp3) is 0.370. The molecule has 0 radical (unpaired) electrons. The van der Waals surface area contributed by atoms with E-state index < -0.39 is 0 Å². The fourth-order valence-electron chi connectivity index (χ4n) is 4.12. The first-order chi connectivity index (χ1) is 16.9. The van der Waals surface area contributed by atoms with Crippen LogP contribution in [0.4, 0.5) is 4.39 Å². The summed E-state index contributed by atoms with van der Waals surface area (Å²) in [5, 5.41) is 5.71. The van der Waals surface area contributed by atoms with Gasteiger partial charge < -0.3 is 15.0 Å². The first-order valence-corrected chi connectivity index (χ1v) is 12.8. The first kappa shape index (κ1) is 24.9. The highest BCUT2D eigenvalue weighted by Gasteiger charge is 2.27.